The van der Waals surface area contributed by atoms with Gasteiger partial charge in [0.05, 0.1) is 0 Å². The summed E-state index contributed by atoms with van der Waals surface area (Å²) in [5, 5.41) is 3.27. The lowest BCUT2D eigenvalue weighted by Crippen LogP contribution is -2.18. The van der Waals surface area contributed by atoms with E-state index in [1.807, 2.05) is 7.05 Å². The first kappa shape index (κ1) is 7.64. The van der Waals surface area contributed by atoms with Gasteiger partial charge in [-0.25, -0.2) is 0 Å². The Bertz CT molecular complexity index is 127. The molecule has 0 radical (unpaired) electrons. The van der Waals surface area contributed by atoms with Crippen molar-refractivity contribution in [3.05, 3.63) is 11.8 Å². The van der Waals surface area contributed by atoms with E-state index in [0.717, 1.165) is 5.92 Å². The van der Waals surface area contributed by atoms with Crippen molar-refractivity contribution in [1.29, 1.82) is 0 Å². The van der Waals surface area contributed by atoms with Crippen LogP contribution in [-0.4, -0.2) is 7.05 Å². The highest BCUT2D eigenvalue weighted by Gasteiger charge is 2.13. The van der Waals surface area contributed by atoms with Crippen LogP contribution in [0, 0.1) is 5.92 Å². The molecule has 1 heteroatoms. The number of allylic oxidation sites excluding steroid dienone is 2. The fourth-order valence-corrected chi connectivity index (χ4v) is 1.67. The fraction of sp³-hybridized carbons (Fsp3) is 0.778. The van der Waals surface area contributed by atoms with Gasteiger partial charge in [-0.2, -0.15) is 0 Å². The Morgan fingerprint density at radius 1 is 1.70 bits per heavy atom. The first-order chi connectivity index (χ1) is 4.88. The summed E-state index contributed by atoms with van der Waals surface area (Å²) in [6.07, 6.45) is 7.66. The predicted molar refractivity (Wildman–Crippen MR) is 44.8 cm³/mol. The Balaban J connectivity index is 2.53. The Kier molecular flexibility index (Phi) is 2.79. The minimum absolute atomic E-state index is 0.818. The highest BCUT2D eigenvalue weighted by molar-refractivity contribution is 5.06. The summed E-state index contributed by atoms with van der Waals surface area (Å²) in [4.78, 5) is 0. The predicted octanol–water partition coefficient (Wildman–Crippen LogP) is 2.30. The average molecular weight is 139 g/mol. The molecular formula is C9H17N. The summed E-state index contributed by atoms with van der Waals surface area (Å²) in [7, 11) is 2.03. The largest absolute Gasteiger partial charge is 0.391 e. The molecule has 1 unspecified atom stereocenters. The van der Waals surface area contributed by atoms with E-state index in [-0.39, 0.29) is 0 Å². The maximum Gasteiger partial charge on any atom is 0.00949 e. The van der Waals surface area contributed by atoms with E-state index in [0.29, 0.717) is 0 Å². The van der Waals surface area contributed by atoms with Crippen molar-refractivity contribution < 1.29 is 0 Å². The third-order valence-electron chi connectivity index (χ3n) is 2.34. The van der Waals surface area contributed by atoms with Gasteiger partial charge in [0.2, 0.25) is 0 Å². The average Bonchev–Trinajstić information content (AvgIpc) is 2.04. The molecule has 0 aromatic rings. The third-order valence-corrected chi connectivity index (χ3v) is 2.34. The normalized spacial score (nSPS) is 25.8. The Morgan fingerprint density at radius 2 is 2.50 bits per heavy atom. The maximum absolute atomic E-state index is 3.27. The molecule has 1 atom stereocenters. The van der Waals surface area contributed by atoms with E-state index in [9.17, 15) is 0 Å². The van der Waals surface area contributed by atoms with E-state index >= 15 is 0 Å². The Labute approximate surface area is 63.5 Å². The van der Waals surface area contributed by atoms with Crippen LogP contribution >= 0.6 is 0 Å². The molecule has 10 heavy (non-hydrogen) atoms. The van der Waals surface area contributed by atoms with Gasteiger partial charge >= 0.3 is 0 Å². The highest BCUT2D eigenvalue weighted by Crippen LogP contribution is 2.24. The lowest BCUT2D eigenvalue weighted by atomic mass is 9.90. The van der Waals surface area contributed by atoms with Crippen LogP contribution in [0.2, 0.25) is 0 Å². The Hall–Kier alpha value is -0.460. The quantitative estimate of drug-likeness (QED) is 0.619. The summed E-state index contributed by atoms with van der Waals surface area (Å²) in [5.41, 5.74) is 1.47. The van der Waals surface area contributed by atoms with E-state index in [4.69, 9.17) is 0 Å². The molecule has 1 rings (SSSR count). The van der Waals surface area contributed by atoms with Crippen LogP contribution in [0.25, 0.3) is 0 Å². The van der Waals surface area contributed by atoms with Crippen molar-refractivity contribution in [2.24, 2.45) is 5.92 Å². The molecule has 0 aromatic carbocycles. The first-order valence-electron chi connectivity index (χ1n) is 4.26. The van der Waals surface area contributed by atoms with E-state index in [1.165, 1.54) is 31.4 Å². The molecule has 0 fully saturated rings. The number of hydrogen-bond donors (Lipinski definition) is 1. The van der Waals surface area contributed by atoms with Crippen LogP contribution in [0.15, 0.2) is 11.8 Å². The lowest BCUT2D eigenvalue weighted by Gasteiger charge is -2.22. The van der Waals surface area contributed by atoms with Gasteiger partial charge in [0, 0.05) is 12.7 Å². The topological polar surface area (TPSA) is 12.0 Å². The molecule has 1 aliphatic carbocycles. The second-order valence-corrected chi connectivity index (χ2v) is 2.95. The molecule has 0 bridgehead atoms. The van der Waals surface area contributed by atoms with Gasteiger partial charge in [-0.3, -0.25) is 0 Å². The van der Waals surface area contributed by atoms with Crippen LogP contribution in [0.1, 0.15) is 32.6 Å². The molecule has 0 aromatic heterocycles. The second-order valence-electron chi connectivity index (χ2n) is 2.95. The number of hydrogen-bond acceptors (Lipinski definition) is 1. The van der Waals surface area contributed by atoms with Crippen molar-refractivity contribution >= 4 is 0 Å². The monoisotopic (exact) mass is 139 g/mol. The number of nitrogens with one attached hydrogen (secondary N) is 1. The zero-order chi connectivity index (χ0) is 7.40. The summed E-state index contributed by atoms with van der Waals surface area (Å²) in [5.74, 6) is 0.818. The molecule has 58 valence electrons. The molecular weight excluding hydrogens is 122 g/mol. The lowest BCUT2D eigenvalue weighted by molar-refractivity contribution is 0.473. The van der Waals surface area contributed by atoms with Gasteiger partial charge in [-0.05, 0) is 31.6 Å². The van der Waals surface area contributed by atoms with Crippen LogP contribution in [0.5, 0.6) is 0 Å². The summed E-state index contributed by atoms with van der Waals surface area (Å²) >= 11 is 0. The zero-order valence-electron chi connectivity index (χ0n) is 6.98. The highest BCUT2D eigenvalue weighted by atomic mass is 14.8. The SMILES string of the molecule is CCC1CCCC=C1NC. The molecule has 0 saturated heterocycles. The van der Waals surface area contributed by atoms with Gasteiger partial charge in [-0.15, -0.1) is 0 Å². The molecule has 0 amide bonds. The van der Waals surface area contributed by atoms with Crippen molar-refractivity contribution in [3.63, 3.8) is 0 Å². The summed E-state index contributed by atoms with van der Waals surface area (Å²) < 4.78 is 0. The second kappa shape index (κ2) is 3.65. The minimum Gasteiger partial charge on any atom is -0.391 e. The van der Waals surface area contributed by atoms with Crippen LogP contribution in [-0.2, 0) is 0 Å². The molecule has 0 saturated carbocycles. The van der Waals surface area contributed by atoms with Crippen molar-refractivity contribution in [2.45, 2.75) is 32.6 Å². The molecule has 1 N–H and O–H groups in total. The molecule has 1 nitrogen and oxygen atoms in total. The Morgan fingerprint density at radius 3 is 3.00 bits per heavy atom. The van der Waals surface area contributed by atoms with E-state index < -0.39 is 0 Å². The summed E-state index contributed by atoms with van der Waals surface area (Å²) in [6.45, 7) is 2.27. The fourth-order valence-electron chi connectivity index (χ4n) is 1.67. The van der Waals surface area contributed by atoms with Gasteiger partial charge in [0.25, 0.3) is 0 Å². The van der Waals surface area contributed by atoms with Crippen molar-refractivity contribution in [3.8, 4) is 0 Å². The molecule has 1 aliphatic rings. The maximum atomic E-state index is 3.27. The van der Waals surface area contributed by atoms with Crippen LogP contribution < -0.4 is 5.32 Å². The van der Waals surface area contributed by atoms with Crippen molar-refractivity contribution in [1.82, 2.24) is 5.32 Å². The first-order valence-corrected chi connectivity index (χ1v) is 4.26. The third kappa shape index (κ3) is 1.53. The van der Waals surface area contributed by atoms with Gasteiger partial charge in [-0.1, -0.05) is 13.0 Å². The van der Waals surface area contributed by atoms with Crippen LogP contribution in [0.4, 0.5) is 0 Å². The zero-order valence-corrected chi connectivity index (χ0v) is 6.98. The smallest absolute Gasteiger partial charge is 0.00949 e. The molecule has 0 heterocycles. The van der Waals surface area contributed by atoms with Crippen LogP contribution in [0.3, 0.4) is 0 Å². The number of rotatable bonds is 2. The minimum atomic E-state index is 0.818. The summed E-state index contributed by atoms with van der Waals surface area (Å²) in [6, 6.07) is 0. The van der Waals surface area contributed by atoms with Gasteiger partial charge in [0.15, 0.2) is 0 Å². The standard InChI is InChI=1S/C9H17N/c1-3-8-6-4-5-7-9(8)10-2/h7-8,10H,3-6H2,1-2H3. The van der Waals surface area contributed by atoms with E-state index in [1.54, 1.807) is 0 Å². The van der Waals surface area contributed by atoms with Crippen molar-refractivity contribution in [2.75, 3.05) is 7.05 Å². The molecule has 0 spiro atoms. The van der Waals surface area contributed by atoms with E-state index in [2.05, 4.69) is 18.3 Å². The van der Waals surface area contributed by atoms with Gasteiger partial charge < -0.3 is 5.32 Å². The van der Waals surface area contributed by atoms with Gasteiger partial charge in [0.1, 0.15) is 0 Å². The molecule has 0 aliphatic heterocycles.